The topological polar surface area (TPSA) is 51.8 Å². The second-order valence-electron chi connectivity index (χ2n) is 12.8. The maximum absolute atomic E-state index is 6.49. The maximum Gasteiger partial charge on any atom is 0.167 e. The summed E-state index contributed by atoms with van der Waals surface area (Å²) in [6, 6.07) is 61.1. The Hall–Kier alpha value is -6.91. The Morgan fingerprint density at radius 2 is 0.804 bits per heavy atom. The summed E-state index contributed by atoms with van der Waals surface area (Å²) in [5, 5.41) is 6.86. The second-order valence-corrected chi connectivity index (χ2v) is 12.8. The van der Waals surface area contributed by atoms with Crippen LogP contribution in [0.2, 0.25) is 0 Å². The highest BCUT2D eigenvalue weighted by Gasteiger charge is 2.20. The third kappa shape index (κ3) is 4.96. The molecule has 0 aliphatic carbocycles. The van der Waals surface area contributed by atoms with Gasteiger partial charge in [0.05, 0.1) is 5.56 Å². The molecule has 0 N–H and O–H groups in total. The van der Waals surface area contributed by atoms with Crippen LogP contribution in [0, 0.1) is 0 Å². The molecule has 0 aliphatic rings. The maximum atomic E-state index is 6.49. The fourth-order valence-electron chi connectivity index (χ4n) is 7.35. The van der Waals surface area contributed by atoms with Crippen LogP contribution in [0.5, 0.6) is 0 Å². The molecule has 0 fully saturated rings. The van der Waals surface area contributed by atoms with Crippen LogP contribution < -0.4 is 0 Å². The molecule has 4 heteroatoms. The molecule has 238 valence electrons. The Bertz CT molecular complexity index is 2930. The standard InChI is InChI=1S/C47H29N3O/c1-3-19-34-30(13-1)15-10-24-36(34)32-17-9-18-33(29-32)45-48-46(41-23-6-5-21-38(41)37-25-11-16-31-14-2-4-20-35(31)37)50-47(49-45)42-27-12-26-40-39-22-7-8-28-43(39)51-44(40)42/h1-29H. The predicted molar refractivity (Wildman–Crippen MR) is 209 cm³/mol. The van der Waals surface area contributed by atoms with E-state index in [1.165, 1.54) is 21.5 Å². The van der Waals surface area contributed by atoms with E-state index >= 15 is 0 Å². The summed E-state index contributed by atoms with van der Waals surface area (Å²) in [7, 11) is 0. The van der Waals surface area contributed by atoms with Gasteiger partial charge in [0.25, 0.3) is 0 Å². The molecule has 0 saturated heterocycles. The summed E-state index contributed by atoms with van der Waals surface area (Å²) in [5.41, 5.74) is 8.70. The highest BCUT2D eigenvalue weighted by atomic mass is 16.3. The number of aromatic nitrogens is 3. The van der Waals surface area contributed by atoms with Crippen LogP contribution in [-0.2, 0) is 0 Å². The molecule has 0 radical (unpaired) electrons. The van der Waals surface area contributed by atoms with E-state index in [9.17, 15) is 0 Å². The zero-order valence-electron chi connectivity index (χ0n) is 27.5. The summed E-state index contributed by atoms with van der Waals surface area (Å²) in [4.78, 5) is 15.6. The van der Waals surface area contributed by atoms with Gasteiger partial charge in [-0.15, -0.1) is 0 Å². The highest BCUT2D eigenvalue weighted by Crippen LogP contribution is 2.39. The Morgan fingerprint density at radius 3 is 1.61 bits per heavy atom. The molecule has 0 unspecified atom stereocenters. The first-order valence-electron chi connectivity index (χ1n) is 17.1. The minimum Gasteiger partial charge on any atom is -0.455 e. The van der Waals surface area contributed by atoms with E-state index in [4.69, 9.17) is 19.4 Å². The molecule has 51 heavy (non-hydrogen) atoms. The number of benzene rings is 8. The first-order valence-corrected chi connectivity index (χ1v) is 17.1. The van der Waals surface area contributed by atoms with Gasteiger partial charge in [-0.3, -0.25) is 0 Å². The van der Waals surface area contributed by atoms with Gasteiger partial charge < -0.3 is 4.42 Å². The van der Waals surface area contributed by atoms with Gasteiger partial charge >= 0.3 is 0 Å². The first kappa shape index (κ1) is 29.0. The number of furan rings is 1. The Kier molecular flexibility index (Phi) is 6.78. The molecule has 0 atom stereocenters. The lowest BCUT2D eigenvalue weighted by Gasteiger charge is -2.14. The van der Waals surface area contributed by atoms with Crippen LogP contribution in [-0.4, -0.2) is 15.0 Å². The third-order valence-electron chi connectivity index (χ3n) is 9.75. The molecule has 0 aliphatic heterocycles. The minimum atomic E-state index is 0.558. The van der Waals surface area contributed by atoms with Gasteiger partial charge in [0, 0.05) is 21.9 Å². The molecule has 10 aromatic rings. The fraction of sp³-hybridized carbons (Fsp3) is 0. The smallest absolute Gasteiger partial charge is 0.167 e. The lowest BCUT2D eigenvalue weighted by atomic mass is 9.94. The summed E-state index contributed by atoms with van der Waals surface area (Å²) in [5.74, 6) is 1.75. The molecule has 0 amide bonds. The number of hydrogen-bond acceptors (Lipinski definition) is 4. The summed E-state index contributed by atoms with van der Waals surface area (Å²) in [6.07, 6.45) is 0. The lowest BCUT2D eigenvalue weighted by molar-refractivity contribution is 0.669. The van der Waals surface area contributed by atoms with E-state index in [1.807, 2.05) is 36.4 Å². The van der Waals surface area contributed by atoms with Gasteiger partial charge in [-0.25, -0.2) is 15.0 Å². The molecule has 10 rings (SSSR count). The lowest BCUT2D eigenvalue weighted by Crippen LogP contribution is -2.01. The van der Waals surface area contributed by atoms with E-state index in [2.05, 4.69) is 140 Å². The molecule has 2 aromatic heterocycles. The van der Waals surface area contributed by atoms with E-state index < -0.39 is 0 Å². The van der Waals surface area contributed by atoms with Crippen molar-refractivity contribution in [2.45, 2.75) is 0 Å². The van der Waals surface area contributed by atoms with E-state index in [0.717, 1.165) is 60.9 Å². The van der Waals surface area contributed by atoms with Crippen LogP contribution in [0.1, 0.15) is 0 Å². The molecule has 2 heterocycles. The van der Waals surface area contributed by atoms with Crippen molar-refractivity contribution in [1.29, 1.82) is 0 Å². The number of hydrogen-bond donors (Lipinski definition) is 0. The van der Waals surface area contributed by atoms with Crippen molar-refractivity contribution in [2.24, 2.45) is 0 Å². The van der Waals surface area contributed by atoms with Crippen LogP contribution in [0.4, 0.5) is 0 Å². The third-order valence-corrected chi connectivity index (χ3v) is 9.75. The number of fused-ring (bicyclic) bond motifs is 5. The molecule has 8 aromatic carbocycles. The Morgan fingerprint density at radius 1 is 0.314 bits per heavy atom. The van der Waals surface area contributed by atoms with Gasteiger partial charge in [0.15, 0.2) is 17.5 Å². The highest BCUT2D eigenvalue weighted by molar-refractivity contribution is 6.09. The summed E-state index contributed by atoms with van der Waals surface area (Å²) in [6.45, 7) is 0. The van der Waals surface area contributed by atoms with Gasteiger partial charge in [0.2, 0.25) is 0 Å². The molecule has 4 nitrogen and oxygen atoms in total. The number of para-hydroxylation sites is 2. The average Bonchev–Trinajstić information content (AvgIpc) is 3.59. The van der Waals surface area contributed by atoms with Crippen molar-refractivity contribution in [3.8, 4) is 56.4 Å². The monoisotopic (exact) mass is 651 g/mol. The van der Waals surface area contributed by atoms with Gasteiger partial charge in [0.1, 0.15) is 11.2 Å². The zero-order valence-corrected chi connectivity index (χ0v) is 27.5. The second kappa shape index (κ2) is 11.9. The molecule has 0 bridgehead atoms. The van der Waals surface area contributed by atoms with Crippen LogP contribution in [0.25, 0.3) is 99.9 Å². The van der Waals surface area contributed by atoms with Crippen molar-refractivity contribution in [3.05, 3.63) is 176 Å². The summed E-state index contributed by atoms with van der Waals surface area (Å²) >= 11 is 0. The van der Waals surface area contributed by atoms with Gasteiger partial charge in [-0.2, -0.15) is 0 Å². The zero-order chi connectivity index (χ0) is 33.7. The fourth-order valence-corrected chi connectivity index (χ4v) is 7.35. The predicted octanol–water partition coefficient (Wildman–Crippen LogP) is 12.4. The van der Waals surface area contributed by atoms with Crippen LogP contribution >= 0.6 is 0 Å². The number of rotatable bonds is 5. The Balaban J connectivity index is 1.22. The quantitative estimate of drug-likeness (QED) is 0.186. The molecular weight excluding hydrogens is 623 g/mol. The van der Waals surface area contributed by atoms with Gasteiger partial charge in [-0.05, 0) is 62.0 Å². The van der Waals surface area contributed by atoms with Crippen LogP contribution in [0.3, 0.4) is 0 Å². The van der Waals surface area contributed by atoms with E-state index in [-0.39, 0.29) is 0 Å². The largest absolute Gasteiger partial charge is 0.455 e. The Labute approximate surface area is 294 Å². The first-order chi connectivity index (χ1) is 25.3. The van der Waals surface area contributed by atoms with E-state index in [0.29, 0.717) is 17.5 Å². The molecule has 0 saturated carbocycles. The van der Waals surface area contributed by atoms with Crippen molar-refractivity contribution < 1.29 is 4.42 Å². The van der Waals surface area contributed by atoms with Crippen molar-refractivity contribution in [1.82, 2.24) is 15.0 Å². The summed E-state index contributed by atoms with van der Waals surface area (Å²) < 4.78 is 6.49. The van der Waals surface area contributed by atoms with Gasteiger partial charge in [-0.1, -0.05) is 158 Å². The molecule has 0 spiro atoms. The van der Waals surface area contributed by atoms with Crippen molar-refractivity contribution in [3.63, 3.8) is 0 Å². The van der Waals surface area contributed by atoms with E-state index in [1.54, 1.807) is 0 Å². The molecular formula is C47H29N3O. The normalized spacial score (nSPS) is 11.5. The number of nitrogens with zero attached hydrogens (tertiary/aromatic N) is 3. The SMILES string of the molecule is c1cc(-c2nc(-c3ccccc3-c3cccc4ccccc34)nc(-c3cccc4c3oc3ccccc34)n2)cc(-c2cccc3ccccc23)c1. The van der Waals surface area contributed by atoms with Crippen LogP contribution in [0.15, 0.2) is 180 Å². The average molecular weight is 652 g/mol. The van der Waals surface area contributed by atoms with Crippen molar-refractivity contribution in [2.75, 3.05) is 0 Å². The van der Waals surface area contributed by atoms with Crippen molar-refractivity contribution >= 4 is 43.5 Å². The minimum absolute atomic E-state index is 0.558.